The summed E-state index contributed by atoms with van der Waals surface area (Å²) in [6.07, 6.45) is 0.906. The Bertz CT molecular complexity index is 683. The number of primary amides is 1. The van der Waals surface area contributed by atoms with Crippen LogP contribution >= 0.6 is 0 Å². The third-order valence-corrected chi connectivity index (χ3v) is 3.11. The average molecular weight is 298 g/mol. The summed E-state index contributed by atoms with van der Waals surface area (Å²) in [6, 6.07) is 14.1. The van der Waals surface area contributed by atoms with Crippen molar-refractivity contribution in [2.45, 2.75) is 13.3 Å². The van der Waals surface area contributed by atoms with E-state index in [1.165, 1.54) is 6.07 Å². The number of aryl methyl sites for hydroxylation is 1. The summed E-state index contributed by atoms with van der Waals surface area (Å²) < 4.78 is 5.46. The lowest BCUT2D eigenvalue weighted by atomic mass is 10.2. The van der Waals surface area contributed by atoms with Gasteiger partial charge < -0.3 is 15.8 Å². The lowest BCUT2D eigenvalue weighted by Crippen LogP contribution is -2.20. The molecule has 114 valence electrons. The molecule has 2 amide bonds. The number of benzene rings is 2. The monoisotopic (exact) mass is 298 g/mol. The normalized spacial score (nSPS) is 10.0. The predicted molar refractivity (Wildman–Crippen MR) is 84.9 cm³/mol. The van der Waals surface area contributed by atoms with Crippen LogP contribution in [0.2, 0.25) is 0 Å². The van der Waals surface area contributed by atoms with Gasteiger partial charge in [0.2, 0.25) is 5.91 Å². The van der Waals surface area contributed by atoms with Gasteiger partial charge in [-0.1, -0.05) is 25.1 Å². The molecule has 0 unspecified atom stereocenters. The van der Waals surface area contributed by atoms with E-state index in [-0.39, 0.29) is 12.5 Å². The van der Waals surface area contributed by atoms with Crippen molar-refractivity contribution in [3.8, 4) is 5.75 Å². The first-order valence-electron chi connectivity index (χ1n) is 7.00. The van der Waals surface area contributed by atoms with E-state index in [1.54, 1.807) is 24.3 Å². The number of carbonyl (C=O) groups excluding carboxylic acids is 2. The largest absolute Gasteiger partial charge is 0.484 e. The number of hydrogen-bond donors (Lipinski definition) is 2. The van der Waals surface area contributed by atoms with Gasteiger partial charge in [0.05, 0.1) is 0 Å². The molecule has 0 aliphatic rings. The lowest BCUT2D eigenvalue weighted by molar-refractivity contribution is -0.118. The van der Waals surface area contributed by atoms with E-state index in [9.17, 15) is 9.59 Å². The Balaban J connectivity index is 1.92. The van der Waals surface area contributed by atoms with Crippen LogP contribution in [0.15, 0.2) is 48.5 Å². The average Bonchev–Trinajstić information content (AvgIpc) is 2.53. The van der Waals surface area contributed by atoms with E-state index in [0.29, 0.717) is 17.0 Å². The highest BCUT2D eigenvalue weighted by Gasteiger charge is 2.06. The number of hydrogen-bond acceptors (Lipinski definition) is 3. The Hall–Kier alpha value is -2.82. The molecule has 3 N–H and O–H groups in total. The van der Waals surface area contributed by atoms with Crippen LogP contribution < -0.4 is 15.8 Å². The molecule has 5 nitrogen and oxygen atoms in total. The fraction of sp³-hybridized carbons (Fsp3) is 0.176. The summed E-state index contributed by atoms with van der Waals surface area (Å²) in [4.78, 5) is 23.0. The molecular weight excluding hydrogens is 280 g/mol. The third kappa shape index (κ3) is 4.34. The van der Waals surface area contributed by atoms with Crippen molar-refractivity contribution in [2.75, 3.05) is 11.9 Å². The predicted octanol–water partition coefficient (Wildman–Crippen LogP) is 2.37. The SMILES string of the molecule is CCc1cccc(OCC(=O)Nc2cccc(C(N)=O)c2)c1. The van der Waals surface area contributed by atoms with Crippen molar-refractivity contribution >= 4 is 17.5 Å². The van der Waals surface area contributed by atoms with Gasteiger partial charge in [0, 0.05) is 11.3 Å². The minimum absolute atomic E-state index is 0.103. The van der Waals surface area contributed by atoms with Crippen LogP contribution in [0.4, 0.5) is 5.69 Å². The molecule has 2 rings (SSSR count). The maximum atomic E-state index is 11.9. The molecule has 0 saturated carbocycles. The number of ether oxygens (including phenoxy) is 1. The number of nitrogens with two attached hydrogens (primary N) is 1. The first-order chi connectivity index (χ1) is 10.6. The highest BCUT2D eigenvalue weighted by molar-refractivity contribution is 5.96. The minimum atomic E-state index is -0.538. The van der Waals surface area contributed by atoms with Gasteiger partial charge in [0.15, 0.2) is 6.61 Å². The fourth-order valence-corrected chi connectivity index (χ4v) is 1.95. The maximum Gasteiger partial charge on any atom is 0.262 e. The van der Waals surface area contributed by atoms with E-state index in [1.807, 2.05) is 18.2 Å². The zero-order chi connectivity index (χ0) is 15.9. The second-order valence-corrected chi connectivity index (χ2v) is 4.78. The van der Waals surface area contributed by atoms with E-state index < -0.39 is 5.91 Å². The van der Waals surface area contributed by atoms with Crippen molar-refractivity contribution in [3.05, 3.63) is 59.7 Å². The van der Waals surface area contributed by atoms with Gasteiger partial charge in [-0.05, 0) is 42.3 Å². The van der Waals surface area contributed by atoms with Crippen molar-refractivity contribution in [3.63, 3.8) is 0 Å². The maximum absolute atomic E-state index is 11.9. The summed E-state index contributed by atoms with van der Waals surface area (Å²) in [7, 11) is 0. The number of amides is 2. The lowest BCUT2D eigenvalue weighted by Gasteiger charge is -2.09. The standard InChI is InChI=1S/C17H18N2O3/c1-2-12-5-3-8-15(9-12)22-11-16(20)19-14-7-4-6-13(10-14)17(18)21/h3-10H,2,11H2,1H3,(H2,18,21)(H,19,20). The Morgan fingerprint density at radius 3 is 2.64 bits per heavy atom. The Labute approximate surface area is 129 Å². The molecule has 0 aliphatic carbocycles. The number of carbonyl (C=O) groups is 2. The van der Waals surface area contributed by atoms with Gasteiger partial charge in [-0.3, -0.25) is 9.59 Å². The van der Waals surface area contributed by atoms with E-state index in [2.05, 4.69) is 12.2 Å². The molecule has 2 aromatic carbocycles. The van der Waals surface area contributed by atoms with E-state index in [4.69, 9.17) is 10.5 Å². The van der Waals surface area contributed by atoms with Crippen molar-refractivity contribution < 1.29 is 14.3 Å². The van der Waals surface area contributed by atoms with Crippen LogP contribution in [0, 0.1) is 0 Å². The molecule has 0 aliphatic heterocycles. The first-order valence-corrected chi connectivity index (χ1v) is 7.00. The summed E-state index contributed by atoms with van der Waals surface area (Å²) in [5, 5.41) is 2.66. The van der Waals surface area contributed by atoms with Gasteiger partial charge >= 0.3 is 0 Å². The van der Waals surface area contributed by atoms with Crippen molar-refractivity contribution in [1.29, 1.82) is 0 Å². The van der Waals surface area contributed by atoms with Crippen LogP contribution in [0.3, 0.4) is 0 Å². The molecule has 0 heterocycles. The summed E-state index contributed by atoms with van der Waals surface area (Å²) >= 11 is 0. The third-order valence-electron chi connectivity index (χ3n) is 3.11. The molecule has 2 aromatic rings. The van der Waals surface area contributed by atoms with E-state index in [0.717, 1.165) is 12.0 Å². The molecule has 0 saturated heterocycles. The van der Waals surface area contributed by atoms with Gasteiger partial charge in [-0.25, -0.2) is 0 Å². The molecule has 0 bridgehead atoms. The van der Waals surface area contributed by atoms with Crippen molar-refractivity contribution in [2.24, 2.45) is 5.73 Å². The van der Waals surface area contributed by atoms with Crippen LogP contribution in [0.1, 0.15) is 22.8 Å². The zero-order valence-corrected chi connectivity index (χ0v) is 12.3. The summed E-state index contributed by atoms with van der Waals surface area (Å²) in [5.41, 5.74) is 7.19. The summed E-state index contributed by atoms with van der Waals surface area (Å²) in [6.45, 7) is 1.95. The molecule has 0 fully saturated rings. The second-order valence-electron chi connectivity index (χ2n) is 4.78. The molecule has 0 spiro atoms. The quantitative estimate of drug-likeness (QED) is 0.859. The highest BCUT2D eigenvalue weighted by atomic mass is 16.5. The first kappa shape index (κ1) is 15.6. The molecule has 0 aromatic heterocycles. The minimum Gasteiger partial charge on any atom is -0.484 e. The topological polar surface area (TPSA) is 81.4 Å². The van der Waals surface area contributed by atoms with Gasteiger partial charge in [0.1, 0.15) is 5.75 Å². The Morgan fingerprint density at radius 2 is 1.91 bits per heavy atom. The van der Waals surface area contributed by atoms with Gasteiger partial charge in [-0.15, -0.1) is 0 Å². The Kier molecular flexibility index (Phi) is 5.14. The van der Waals surface area contributed by atoms with Gasteiger partial charge in [-0.2, -0.15) is 0 Å². The highest BCUT2D eigenvalue weighted by Crippen LogP contribution is 2.14. The molecule has 22 heavy (non-hydrogen) atoms. The smallest absolute Gasteiger partial charge is 0.262 e. The molecule has 0 atom stereocenters. The van der Waals surface area contributed by atoms with Crippen LogP contribution in [-0.2, 0) is 11.2 Å². The molecular formula is C17H18N2O3. The zero-order valence-electron chi connectivity index (χ0n) is 12.3. The molecule has 5 heteroatoms. The van der Waals surface area contributed by atoms with Crippen LogP contribution in [0.25, 0.3) is 0 Å². The van der Waals surface area contributed by atoms with Crippen LogP contribution in [-0.4, -0.2) is 18.4 Å². The second kappa shape index (κ2) is 7.26. The van der Waals surface area contributed by atoms with Crippen molar-refractivity contribution in [1.82, 2.24) is 0 Å². The number of nitrogens with one attached hydrogen (secondary N) is 1. The Morgan fingerprint density at radius 1 is 1.14 bits per heavy atom. The number of anilines is 1. The van der Waals surface area contributed by atoms with Crippen LogP contribution in [0.5, 0.6) is 5.75 Å². The van der Waals surface area contributed by atoms with E-state index >= 15 is 0 Å². The summed E-state index contributed by atoms with van der Waals surface area (Å²) in [5.74, 6) is -0.187. The van der Waals surface area contributed by atoms with Gasteiger partial charge in [0.25, 0.3) is 5.91 Å². The molecule has 0 radical (unpaired) electrons. The number of rotatable bonds is 6. The fourth-order valence-electron chi connectivity index (χ4n) is 1.95.